The SMILES string of the molecule is CCC(N)C(c1ccc(C)o1)N(CC(F)(F)F)C(C)C. The number of alkyl halides is 3. The van der Waals surface area contributed by atoms with E-state index in [1.165, 1.54) is 4.90 Å². The van der Waals surface area contributed by atoms with E-state index >= 15 is 0 Å². The van der Waals surface area contributed by atoms with Crippen molar-refractivity contribution in [2.75, 3.05) is 6.54 Å². The van der Waals surface area contributed by atoms with Gasteiger partial charge < -0.3 is 10.2 Å². The topological polar surface area (TPSA) is 42.4 Å². The standard InChI is InChI=1S/C14H23F3N2O/c1-5-11(18)13(12-7-6-10(4)20-12)19(9(2)3)8-14(15,16)17/h6-7,9,11,13H,5,8,18H2,1-4H3. The van der Waals surface area contributed by atoms with Crippen LogP contribution in [0.1, 0.15) is 44.8 Å². The summed E-state index contributed by atoms with van der Waals surface area (Å²) in [6.07, 6.45) is -3.69. The zero-order chi connectivity index (χ0) is 15.5. The maximum atomic E-state index is 12.8. The normalized spacial score (nSPS) is 15.9. The molecule has 0 saturated heterocycles. The molecule has 1 rings (SSSR count). The molecular weight excluding hydrogens is 269 g/mol. The lowest BCUT2D eigenvalue weighted by atomic mass is 10.0. The summed E-state index contributed by atoms with van der Waals surface area (Å²) in [6, 6.07) is 2.18. The second-order valence-corrected chi connectivity index (χ2v) is 5.35. The van der Waals surface area contributed by atoms with Crippen LogP contribution in [0.15, 0.2) is 16.5 Å². The average molecular weight is 292 g/mol. The largest absolute Gasteiger partial charge is 0.465 e. The van der Waals surface area contributed by atoms with Gasteiger partial charge in [-0.1, -0.05) is 6.92 Å². The van der Waals surface area contributed by atoms with Crippen LogP contribution in [-0.2, 0) is 0 Å². The summed E-state index contributed by atoms with van der Waals surface area (Å²) in [4.78, 5) is 1.35. The summed E-state index contributed by atoms with van der Waals surface area (Å²) in [7, 11) is 0. The van der Waals surface area contributed by atoms with Crippen LogP contribution in [0, 0.1) is 6.92 Å². The minimum Gasteiger partial charge on any atom is -0.465 e. The highest BCUT2D eigenvalue weighted by molar-refractivity contribution is 5.12. The Morgan fingerprint density at radius 1 is 1.30 bits per heavy atom. The lowest BCUT2D eigenvalue weighted by Gasteiger charge is -2.37. The second kappa shape index (κ2) is 6.63. The third-order valence-corrected chi connectivity index (χ3v) is 3.31. The van der Waals surface area contributed by atoms with Crippen molar-refractivity contribution in [2.24, 2.45) is 5.73 Å². The summed E-state index contributed by atoms with van der Waals surface area (Å²) in [5.74, 6) is 1.17. The van der Waals surface area contributed by atoms with E-state index < -0.39 is 24.8 Å². The molecule has 2 atom stereocenters. The maximum Gasteiger partial charge on any atom is 0.401 e. The Balaban J connectivity index is 3.12. The van der Waals surface area contributed by atoms with Gasteiger partial charge in [-0.3, -0.25) is 4.90 Å². The Bertz CT molecular complexity index is 415. The summed E-state index contributed by atoms with van der Waals surface area (Å²) >= 11 is 0. The number of hydrogen-bond donors (Lipinski definition) is 1. The van der Waals surface area contributed by atoms with Crippen molar-refractivity contribution in [1.82, 2.24) is 4.90 Å². The van der Waals surface area contributed by atoms with Gasteiger partial charge in [-0.25, -0.2) is 0 Å². The van der Waals surface area contributed by atoms with E-state index in [1.54, 1.807) is 32.9 Å². The van der Waals surface area contributed by atoms with Crippen LogP contribution in [0.3, 0.4) is 0 Å². The monoisotopic (exact) mass is 292 g/mol. The molecule has 0 spiro atoms. The predicted octanol–water partition coefficient (Wildman–Crippen LogP) is 3.64. The molecule has 0 fully saturated rings. The molecule has 116 valence electrons. The lowest BCUT2D eigenvalue weighted by molar-refractivity contribution is -0.157. The van der Waals surface area contributed by atoms with Crippen molar-refractivity contribution < 1.29 is 17.6 Å². The Morgan fingerprint density at radius 2 is 1.90 bits per heavy atom. The first-order chi connectivity index (χ1) is 9.15. The van der Waals surface area contributed by atoms with Crippen molar-refractivity contribution in [2.45, 2.75) is 58.4 Å². The molecule has 0 saturated carbocycles. The molecule has 0 aliphatic carbocycles. The van der Waals surface area contributed by atoms with Gasteiger partial charge in [0.15, 0.2) is 0 Å². The van der Waals surface area contributed by atoms with Crippen LogP contribution in [0.4, 0.5) is 13.2 Å². The van der Waals surface area contributed by atoms with Gasteiger partial charge in [0.25, 0.3) is 0 Å². The molecule has 0 aromatic carbocycles. The first kappa shape index (κ1) is 17.0. The van der Waals surface area contributed by atoms with Gasteiger partial charge in [0.1, 0.15) is 11.5 Å². The van der Waals surface area contributed by atoms with E-state index in [-0.39, 0.29) is 6.04 Å². The Morgan fingerprint density at radius 3 is 2.25 bits per heavy atom. The summed E-state index contributed by atoms with van der Waals surface area (Å²) in [6.45, 7) is 6.09. The highest BCUT2D eigenvalue weighted by Crippen LogP contribution is 2.31. The van der Waals surface area contributed by atoms with E-state index in [0.717, 1.165) is 0 Å². The molecule has 20 heavy (non-hydrogen) atoms. The van der Waals surface area contributed by atoms with Crippen molar-refractivity contribution in [3.63, 3.8) is 0 Å². The van der Waals surface area contributed by atoms with Gasteiger partial charge >= 0.3 is 6.18 Å². The van der Waals surface area contributed by atoms with Gasteiger partial charge in [0.2, 0.25) is 0 Å². The van der Waals surface area contributed by atoms with Gasteiger partial charge in [-0.05, 0) is 39.3 Å². The van der Waals surface area contributed by atoms with Gasteiger partial charge in [0, 0.05) is 12.1 Å². The first-order valence-electron chi connectivity index (χ1n) is 6.80. The van der Waals surface area contributed by atoms with E-state index in [1.807, 2.05) is 6.92 Å². The van der Waals surface area contributed by atoms with E-state index in [4.69, 9.17) is 10.2 Å². The van der Waals surface area contributed by atoms with Crippen LogP contribution < -0.4 is 5.73 Å². The molecule has 1 aromatic rings. The maximum absolute atomic E-state index is 12.8. The zero-order valence-corrected chi connectivity index (χ0v) is 12.4. The lowest BCUT2D eigenvalue weighted by Crippen LogP contribution is -2.48. The quantitative estimate of drug-likeness (QED) is 0.870. The molecule has 0 bridgehead atoms. The molecule has 2 N–H and O–H groups in total. The third kappa shape index (κ3) is 4.52. The predicted molar refractivity (Wildman–Crippen MR) is 72.3 cm³/mol. The molecule has 0 aliphatic rings. The minimum absolute atomic E-state index is 0.287. The number of halogens is 3. The van der Waals surface area contributed by atoms with Gasteiger partial charge in [-0.2, -0.15) is 13.2 Å². The fourth-order valence-electron chi connectivity index (χ4n) is 2.27. The van der Waals surface area contributed by atoms with Crippen molar-refractivity contribution in [1.29, 1.82) is 0 Å². The van der Waals surface area contributed by atoms with Gasteiger partial charge in [0.05, 0.1) is 12.6 Å². The van der Waals surface area contributed by atoms with Crippen LogP contribution in [0.2, 0.25) is 0 Å². The number of nitrogens with two attached hydrogens (primary N) is 1. The number of aryl methyl sites for hydroxylation is 1. The number of nitrogens with zero attached hydrogens (tertiary/aromatic N) is 1. The van der Waals surface area contributed by atoms with Crippen molar-refractivity contribution >= 4 is 0 Å². The average Bonchev–Trinajstić information content (AvgIpc) is 2.72. The van der Waals surface area contributed by atoms with E-state index in [9.17, 15) is 13.2 Å². The summed E-state index contributed by atoms with van der Waals surface area (Å²) in [5, 5.41) is 0. The molecule has 0 radical (unpaired) electrons. The van der Waals surface area contributed by atoms with Gasteiger partial charge in [-0.15, -0.1) is 0 Å². The van der Waals surface area contributed by atoms with Crippen LogP contribution >= 0.6 is 0 Å². The Labute approximate surface area is 117 Å². The Kier molecular flexibility index (Phi) is 5.65. The molecule has 6 heteroatoms. The molecule has 1 aromatic heterocycles. The fraction of sp³-hybridized carbons (Fsp3) is 0.714. The molecule has 3 nitrogen and oxygen atoms in total. The minimum atomic E-state index is -4.27. The number of rotatable bonds is 6. The highest BCUT2D eigenvalue weighted by Gasteiger charge is 2.38. The second-order valence-electron chi connectivity index (χ2n) is 5.35. The van der Waals surface area contributed by atoms with Crippen molar-refractivity contribution in [3.05, 3.63) is 23.7 Å². The number of hydrogen-bond acceptors (Lipinski definition) is 3. The first-order valence-corrected chi connectivity index (χ1v) is 6.80. The zero-order valence-electron chi connectivity index (χ0n) is 12.4. The van der Waals surface area contributed by atoms with Crippen LogP contribution in [0.5, 0.6) is 0 Å². The third-order valence-electron chi connectivity index (χ3n) is 3.31. The molecule has 1 heterocycles. The summed E-state index contributed by atoms with van der Waals surface area (Å²) < 4.78 is 43.9. The smallest absolute Gasteiger partial charge is 0.401 e. The molecule has 0 aliphatic heterocycles. The van der Waals surface area contributed by atoms with Crippen LogP contribution in [0.25, 0.3) is 0 Å². The summed E-state index contributed by atoms with van der Waals surface area (Å²) in [5.41, 5.74) is 6.05. The Hall–Kier alpha value is -1.01. The highest BCUT2D eigenvalue weighted by atomic mass is 19.4. The van der Waals surface area contributed by atoms with Crippen molar-refractivity contribution in [3.8, 4) is 0 Å². The van der Waals surface area contributed by atoms with E-state index in [0.29, 0.717) is 17.9 Å². The fourth-order valence-corrected chi connectivity index (χ4v) is 2.27. The molecule has 2 unspecified atom stereocenters. The molecule has 0 amide bonds. The molecular formula is C14H23F3N2O. The number of furan rings is 1. The van der Waals surface area contributed by atoms with Crippen LogP contribution in [-0.4, -0.2) is 29.7 Å². The van der Waals surface area contributed by atoms with E-state index in [2.05, 4.69) is 0 Å².